The van der Waals surface area contributed by atoms with E-state index in [4.69, 9.17) is 16.3 Å². The van der Waals surface area contributed by atoms with Crippen LogP contribution in [0.25, 0.3) is 5.69 Å². The van der Waals surface area contributed by atoms with Crippen LogP contribution in [0.5, 0.6) is 0 Å². The van der Waals surface area contributed by atoms with Crippen LogP contribution in [0.15, 0.2) is 83.7 Å². The molecule has 168 valence electrons. The van der Waals surface area contributed by atoms with E-state index in [0.29, 0.717) is 16.1 Å². The first-order valence-electron chi connectivity index (χ1n) is 10.4. The fraction of sp³-hybridized carbons (Fsp3) is 0.154. The zero-order valence-corrected chi connectivity index (χ0v) is 19.3. The molecule has 3 aromatic carbocycles. The van der Waals surface area contributed by atoms with Gasteiger partial charge in [-0.05, 0) is 61.0 Å². The Balaban J connectivity index is 1.82. The number of hydrogen-bond acceptors (Lipinski definition) is 4. The number of benzene rings is 3. The lowest BCUT2D eigenvalue weighted by Gasteiger charge is -2.20. The number of nitrogens with one attached hydrogen (secondary N) is 1. The van der Waals surface area contributed by atoms with Gasteiger partial charge in [0.25, 0.3) is 5.56 Å². The normalized spacial score (nSPS) is 11.8. The highest BCUT2D eigenvalue weighted by Gasteiger charge is 2.25. The molecule has 0 aliphatic rings. The molecule has 1 heterocycles. The topological polar surface area (TPSA) is 65.3 Å². The third-order valence-electron chi connectivity index (χ3n) is 5.71. The van der Waals surface area contributed by atoms with E-state index in [1.54, 1.807) is 41.1 Å². The summed E-state index contributed by atoms with van der Waals surface area (Å²) < 4.78 is 8.30. The summed E-state index contributed by atoms with van der Waals surface area (Å²) in [6.45, 7) is 1.93. The molecule has 4 aromatic rings. The summed E-state index contributed by atoms with van der Waals surface area (Å²) in [6.07, 6.45) is 0. The largest absolute Gasteiger partial charge is 0.465 e. The van der Waals surface area contributed by atoms with Gasteiger partial charge in [-0.1, -0.05) is 41.9 Å². The molecule has 0 spiro atoms. The van der Waals surface area contributed by atoms with Crippen molar-refractivity contribution in [1.82, 2.24) is 9.36 Å². The summed E-state index contributed by atoms with van der Waals surface area (Å²) in [6, 6.07) is 23.5. The third kappa shape index (κ3) is 4.43. The highest BCUT2D eigenvalue weighted by Crippen LogP contribution is 2.29. The van der Waals surface area contributed by atoms with E-state index in [1.165, 1.54) is 7.11 Å². The van der Waals surface area contributed by atoms with E-state index < -0.39 is 12.0 Å². The predicted molar refractivity (Wildman–Crippen MR) is 130 cm³/mol. The van der Waals surface area contributed by atoms with E-state index >= 15 is 0 Å². The molecule has 0 radical (unpaired) electrons. The monoisotopic (exact) mass is 461 g/mol. The number of methoxy groups -OCH3 is 1. The SMILES string of the molecule is COC(=O)c1ccc(N[C@@H](c2ccc(Cl)cc2)c2c(C)n(C)n(-c3ccccc3)c2=O)cc1. The second-order valence-corrected chi connectivity index (χ2v) is 8.11. The fourth-order valence-corrected chi connectivity index (χ4v) is 4.01. The molecule has 0 fully saturated rings. The Kier molecular flexibility index (Phi) is 6.38. The Morgan fingerprint density at radius 2 is 1.61 bits per heavy atom. The first-order chi connectivity index (χ1) is 15.9. The lowest BCUT2D eigenvalue weighted by molar-refractivity contribution is 0.0601. The van der Waals surface area contributed by atoms with Crippen LogP contribution in [-0.4, -0.2) is 22.4 Å². The molecule has 0 unspecified atom stereocenters. The molecule has 1 atom stereocenters. The average Bonchev–Trinajstić information content (AvgIpc) is 3.06. The highest BCUT2D eigenvalue weighted by atomic mass is 35.5. The van der Waals surface area contributed by atoms with Crippen LogP contribution in [0.2, 0.25) is 5.02 Å². The van der Waals surface area contributed by atoms with Gasteiger partial charge in [-0.2, -0.15) is 0 Å². The molecule has 0 amide bonds. The molecule has 1 aromatic heterocycles. The molecule has 0 aliphatic heterocycles. The quantitative estimate of drug-likeness (QED) is 0.404. The molecule has 0 bridgehead atoms. The lowest BCUT2D eigenvalue weighted by Crippen LogP contribution is -2.24. The van der Waals surface area contributed by atoms with Crippen molar-refractivity contribution in [2.45, 2.75) is 13.0 Å². The van der Waals surface area contributed by atoms with Crippen molar-refractivity contribution in [3.63, 3.8) is 0 Å². The Morgan fingerprint density at radius 3 is 2.21 bits per heavy atom. The highest BCUT2D eigenvalue weighted by molar-refractivity contribution is 6.30. The predicted octanol–water partition coefficient (Wildman–Crippen LogP) is 5.13. The number of rotatable bonds is 6. The number of ether oxygens (including phenoxy) is 1. The fourth-order valence-electron chi connectivity index (χ4n) is 3.89. The van der Waals surface area contributed by atoms with Gasteiger partial charge in [0.1, 0.15) is 0 Å². The van der Waals surface area contributed by atoms with Crippen LogP contribution < -0.4 is 10.9 Å². The summed E-state index contributed by atoms with van der Waals surface area (Å²) in [5.41, 5.74) is 4.24. The molecule has 0 saturated heterocycles. The van der Waals surface area contributed by atoms with Crippen LogP contribution in [0, 0.1) is 6.92 Å². The number of para-hydroxylation sites is 1. The van der Waals surface area contributed by atoms with Crippen LogP contribution in [0.3, 0.4) is 0 Å². The minimum atomic E-state index is -0.435. The number of halogens is 1. The molecule has 6 nitrogen and oxygen atoms in total. The van der Waals surface area contributed by atoms with Gasteiger partial charge in [-0.25, -0.2) is 9.48 Å². The van der Waals surface area contributed by atoms with Gasteiger partial charge in [0.2, 0.25) is 0 Å². The minimum Gasteiger partial charge on any atom is -0.465 e. The summed E-state index contributed by atoms with van der Waals surface area (Å²) in [5, 5.41) is 4.08. The van der Waals surface area contributed by atoms with Crippen LogP contribution >= 0.6 is 11.6 Å². The van der Waals surface area contributed by atoms with Gasteiger partial charge in [0, 0.05) is 23.5 Å². The third-order valence-corrected chi connectivity index (χ3v) is 5.96. The second-order valence-electron chi connectivity index (χ2n) is 7.67. The van der Waals surface area contributed by atoms with Crippen molar-refractivity contribution in [3.05, 3.63) is 117 Å². The van der Waals surface area contributed by atoms with Crippen molar-refractivity contribution in [1.29, 1.82) is 0 Å². The van der Waals surface area contributed by atoms with Gasteiger partial charge in [-0.3, -0.25) is 9.48 Å². The van der Waals surface area contributed by atoms with E-state index in [1.807, 2.05) is 61.1 Å². The van der Waals surface area contributed by atoms with Gasteiger partial charge >= 0.3 is 5.97 Å². The average molecular weight is 462 g/mol. The Labute approximate surface area is 197 Å². The number of nitrogens with zero attached hydrogens (tertiary/aromatic N) is 2. The summed E-state index contributed by atoms with van der Waals surface area (Å²) in [4.78, 5) is 25.5. The number of carbonyl (C=O) groups excluding carboxylic acids is 1. The van der Waals surface area contributed by atoms with Gasteiger partial charge in [0.15, 0.2) is 0 Å². The number of aromatic nitrogens is 2. The molecular formula is C26H24ClN3O3. The first-order valence-corrected chi connectivity index (χ1v) is 10.8. The van der Waals surface area contributed by atoms with Gasteiger partial charge in [0.05, 0.1) is 30.0 Å². The summed E-state index contributed by atoms with van der Waals surface area (Å²) in [5.74, 6) is -0.402. The van der Waals surface area contributed by atoms with Gasteiger partial charge in [-0.15, -0.1) is 0 Å². The van der Waals surface area contributed by atoms with Crippen molar-refractivity contribution < 1.29 is 9.53 Å². The van der Waals surface area contributed by atoms with Crippen LogP contribution in [-0.2, 0) is 11.8 Å². The number of esters is 1. The molecule has 0 saturated carbocycles. The Morgan fingerprint density at radius 1 is 0.970 bits per heavy atom. The number of carbonyl (C=O) groups is 1. The number of hydrogen-bond donors (Lipinski definition) is 1. The van der Waals surface area contributed by atoms with Crippen molar-refractivity contribution in [2.75, 3.05) is 12.4 Å². The maximum atomic E-state index is 13.7. The number of anilines is 1. The molecule has 4 rings (SSSR count). The van der Waals surface area contributed by atoms with Crippen LogP contribution in [0.4, 0.5) is 5.69 Å². The molecule has 0 aliphatic carbocycles. The molecule has 1 N–H and O–H groups in total. The molecule has 33 heavy (non-hydrogen) atoms. The maximum Gasteiger partial charge on any atom is 0.337 e. The minimum absolute atomic E-state index is 0.111. The van der Waals surface area contributed by atoms with Gasteiger partial charge < -0.3 is 10.1 Å². The van der Waals surface area contributed by atoms with E-state index in [9.17, 15) is 9.59 Å². The summed E-state index contributed by atoms with van der Waals surface area (Å²) >= 11 is 6.12. The summed E-state index contributed by atoms with van der Waals surface area (Å²) in [7, 11) is 3.22. The standard InChI is InChI=1S/C26H24ClN3O3/c1-17-23(25(31)30(29(17)2)22-7-5-4-6-8-22)24(18-9-13-20(27)14-10-18)28-21-15-11-19(12-16-21)26(32)33-3/h4-16,24,28H,1-3H3/t24-/m0/s1. The zero-order valence-electron chi connectivity index (χ0n) is 18.6. The van der Waals surface area contributed by atoms with E-state index in [2.05, 4.69) is 5.32 Å². The lowest BCUT2D eigenvalue weighted by atomic mass is 9.98. The Hall–Kier alpha value is -3.77. The van der Waals surface area contributed by atoms with Crippen molar-refractivity contribution >= 4 is 23.3 Å². The van der Waals surface area contributed by atoms with E-state index in [-0.39, 0.29) is 5.56 Å². The maximum absolute atomic E-state index is 13.7. The second kappa shape index (κ2) is 9.38. The smallest absolute Gasteiger partial charge is 0.337 e. The molecule has 7 heteroatoms. The molecular weight excluding hydrogens is 438 g/mol. The van der Waals surface area contributed by atoms with E-state index in [0.717, 1.165) is 22.6 Å². The van der Waals surface area contributed by atoms with Crippen LogP contribution in [0.1, 0.15) is 33.2 Å². The Bertz CT molecular complexity index is 1320. The zero-order chi connectivity index (χ0) is 23.5. The van der Waals surface area contributed by atoms with Crippen molar-refractivity contribution in [3.8, 4) is 5.69 Å². The first kappa shape index (κ1) is 22.4. The van der Waals surface area contributed by atoms with Crippen molar-refractivity contribution in [2.24, 2.45) is 7.05 Å².